The van der Waals surface area contributed by atoms with E-state index in [1.54, 1.807) is 5.55 Å². The molecule has 0 amide bonds. The molecule has 2 unspecified atom stereocenters. The Bertz CT molecular complexity index is 118. The van der Waals surface area contributed by atoms with E-state index in [0.717, 1.165) is 0 Å². The molecule has 0 aromatic carbocycles. The Hall–Kier alpha value is -0.0600. The van der Waals surface area contributed by atoms with Gasteiger partial charge in [0.1, 0.15) is 0 Å². The molecule has 0 aliphatic carbocycles. The van der Waals surface area contributed by atoms with E-state index in [9.17, 15) is 0 Å². The second-order valence-corrected chi connectivity index (χ2v) is 2.95. The van der Waals surface area contributed by atoms with Crippen LogP contribution in [0.25, 0.3) is 0 Å². The first kappa shape index (κ1) is 7.05. The summed E-state index contributed by atoms with van der Waals surface area (Å²) < 4.78 is 0. The van der Waals surface area contributed by atoms with Gasteiger partial charge >= 0.3 is 0 Å². The summed E-state index contributed by atoms with van der Waals surface area (Å²) in [5, 5.41) is 17.4. The number of rotatable bonds is 2. The molecule has 2 N–H and O–H groups in total. The summed E-state index contributed by atoms with van der Waals surface area (Å²) in [5.74, 6) is 0. The van der Waals surface area contributed by atoms with E-state index in [1.165, 1.54) is 11.8 Å². The summed E-state index contributed by atoms with van der Waals surface area (Å²) in [6, 6.07) is -0.0833. The molecular formula is C5H9NO2S. The van der Waals surface area contributed by atoms with Crippen LogP contribution in [0.4, 0.5) is 0 Å². The minimum Gasteiger partial charge on any atom is -0.395 e. The lowest BCUT2D eigenvalue weighted by molar-refractivity contribution is 0.230. The van der Waals surface area contributed by atoms with Crippen LogP contribution in [-0.4, -0.2) is 40.3 Å². The molecule has 0 radical (unpaired) electrons. The molecule has 0 saturated heterocycles. The number of nitrogens with zero attached hydrogens (tertiary/aromatic N) is 1. The zero-order valence-electron chi connectivity index (χ0n) is 4.90. The van der Waals surface area contributed by atoms with E-state index in [0.29, 0.717) is 0 Å². The third-order valence-corrected chi connectivity index (χ3v) is 2.34. The van der Waals surface area contributed by atoms with E-state index < -0.39 is 0 Å². The SMILES string of the molecule is OCC1N=CSC1CO. The first-order valence-electron chi connectivity index (χ1n) is 2.77. The van der Waals surface area contributed by atoms with E-state index >= 15 is 0 Å². The van der Waals surface area contributed by atoms with Gasteiger partial charge in [0.25, 0.3) is 0 Å². The Morgan fingerprint density at radius 3 is 2.67 bits per heavy atom. The summed E-state index contributed by atoms with van der Waals surface area (Å²) >= 11 is 1.47. The standard InChI is InChI=1S/C5H9NO2S/c7-1-4-5(2-8)9-3-6-4/h3-5,7-8H,1-2H2. The molecule has 1 aliphatic heterocycles. The van der Waals surface area contributed by atoms with Crippen LogP contribution in [0.2, 0.25) is 0 Å². The molecule has 0 aromatic heterocycles. The van der Waals surface area contributed by atoms with Gasteiger partial charge in [-0.3, -0.25) is 4.99 Å². The summed E-state index contributed by atoms with van der Waals surface area (Å²) in [5.41, 5.74) is 1.68. The topological polar surface area (TPSA) is 52.8 Å². The predicted molar refractivity (Wildman–Crippen MR) is 37.8 cm³/mol. The van der Waals surface area contributed by atoms with Gasteiger partial charge in [-0.25, -0.2) is 0 Å². The zero-order chi connectivity index (χ0) is 6.69. The lowest BCUT2D eigenvalue weighted by atomic mass is 10.2. The van der Waals surface area contributed by atoms with Crippen molar-refractivity contribution in [3.05, 3.63) is 0 Å². The normalized spacial score (nSPS) is 33.6. The van der Waals surface area contributed by atoms with Crippen molar-refractivity contribution in [3.8, 4) is 0 Å². The molecule has 0 bridgehead atoms. The molecule has 0 spiro atoms. The maximum absolute atomic E-state index is 8.66. The number of thioether (sulfide) groups is 1. The minimum atomic E-state index is -0.0833. The lowest BCUT2D eigenvalue weighted by Crippen LogP contribution is -2.24. The van der Waals surface area contributed by atoms with Crippen LogP contribution in [0.5, 0.6) is 0 Å². The molecule has 3 nitrogen and oxygen atoms in total. The van der Waals surface area contributed by atoms with Gasteiger partial charge in [0.2, 0.25) is 0 Å². The fourth-order valence-electron chi connectivity index (χ4n) is 0.708. The van der Waals surface area contributed by atoms with E-state index in [1.807, 2.05) is 0 Å². The Morgan fingerprint density at radius 2 is 2.22 bits per heavy atom. The average Bonchev–Trinajstić information content (AvgIpc) is 2.33. The highest BCUT2D eigenvalue weighted by Gasteiger charge is 2.22. The van der Waals surface area contributed by atoms with Gasteiger partial charge in [-0.2, -0.15) is 0 Å². The minimum absolute atomic E-state index is 0.0364. The largest absolute Gasteiger partial charge is 0.395 e. The van der Waals surface area contributed by atoms with Gasteiger partial charge < -0.3 is 10.2 Å². The molecule has 1 aliphatic rings. The van der Waals surface area contributed by atoms with Gasteiger partial charge in [0, 0.05) is 0 Å². The predicted octanol–water partition coefficient (Wildman–Crippen LogP) is -0.517. The van der Waals surface area contributed by atoms with Crippen molar-refractivity contribution in [1.29, 1.82) is 0 Å². The van der Waals surface area contributed by atoms with Gasteiger partial charge in [0.05, 0.1) is 30.1 Å². The number of aliphatic hydroxyl groups excluding tert-OH is 2. The quantitative estimate of drug-likeness (QED) is 0.552. The van der Waals surface area contributed by atoms with Gasteiger partial charge in [-0.15, -0.1) is 11.8 Å². The second-order valence-electron chi connectivity index (χ2n) is 1.86. The second kappa shape index (κ2) is 3.20. The molecule has 1 rings (SSSR count). The van der Waals surface area contributed by atoms with Crippen molar-refractivity contribution < 1.29 is 10.2 Å². The molecule has 4 heteroatoms. The van der Waals surface area contributed by atoms with Crippen LogP contribution in [0.1, 0.15) is 0 Å². The third kappa shape index (κ3) is 1.44. The zero-order valence-corrected chi connectivity index (χ0v) is 5.71. The van der Waals surface area contributed by atoms with Crippen LogP contribution in [0, 0.1) is 0 Å². The Labute approximate surface area is 57.8 Å². The van der Waals surface area contributed by atoms with Crippen LogP contribution >= 0.6 is 11.8 Å². The fraction of sp³-hybridized carbons (Fsp3) is 0.800. The van der Waals surface area contributed by atoms with Gasteiger partial charge in [0.15, 0.2) is 0 Å². The van der Waals surface area contributed by atoms with Crippen molar-refractivity contribution in [3.63, 3.8) is 0 Å². The van der Waals surface area contributed by atoms with Crippen molar-refractivity contribution in [2.45, 2.75) is 11.3 Å². The van der Waals surface area contributed by atoms with Crippen LogP contribution in [0.15, 0.2) is 4.99 Å². The maximum atomic E-state index is 8.66. The summed E-state index contributed by atoms with van der Waals surface area (Å²) in [6.45, 7) is 0.130. The first-order valence-corrected chi connectivity index (χ1v) is 3.71. The van der Waals surface area contributed by atoms with E-state index in [-0.39, 0.29) is 24.5 Å². The van der Waals surface area contributed by atoms with Gasteiger partial charge in [-0.1, -0.05) is 0 Å². The highest BCUT2D eigenvalue weighted by atomic mass is 32.2. The van der Waals surface area contributed by atoms with Gasteiger partial charge in [-0.05, 0) is 0 Å². The van der Waals surface area contributed by atoms with Crippen molar-refractivity contribution >= 4 is 17.3 Å². The molecule has 52 valence electrons. The summed E-state index contributed by atoms with van der Waals surface area (Å²) in [6.07, 6.45) is 0. The Morgan fingerprint density at radius 1 is 1.44 bits per heavy atom. The molecule has 0 aromatic rings. The van der Waals surface area contributed by atoms with Crippen LogP contribution < -0.4 is 0 Å². The monoisotopic (exact) mass is 147 g/mol. The van der Waals surface area contributed by atoms with Crippen molar-refractivity contribution in [2.75, 3.05) is 13.2 Å². The third-order valence-electron chi connectivity index (χ3n) is 1.28. The number of hydrogen-bond acceptors (Lipinski definition) is 4. The van der Waals surface area contributed by atoms with Crippen LogP contribution in [-0.2, 0) is 0 Å². The molecule has 1 heterocycles. The lowest BCUT2D eigenvalue weighted by Gasteiger charge is -2.09. The van der Waals surface area contributed by atoms with E-state index in [2.05, 4.69) is 4.99 Å². The fourth-order valence-corrected chi connectivity index (χ4v) is 1.51. The first-order chi connectivity index (χ1) is 4.38. The highest BCUT2D eigenvalue weighted by molar-refractivity contribution is 8.13. The highest BCUT2D eigenvalue weighted by Crippen LogP contribution is 2.20. The number of aliphatic imine (C=N–C) groups is 1. The molecule has 2 atom stereocenters. The Kier molecular flexibility index (Phi) is 2.50. The summed E-state index contributed by atoms with van der Waals surface area (Å²) in [4.78, 5) is 3.93. The van der Waals surface area contributed by atoms with Crippen molar-refractivity contribution in [2.24, 2.45) is 4.99 Å². The maximum Gasteiger partial charge on any atom is 0.0880 e. The molecular weight excluding hydrogens is 138 g/mol. The summed E-state index contributed by atoms with van der Waals surface area (Å²) in [7, 11) is 0. The molecule has 0 fully saturated rings. The Balaban J connectivity index is 2.39. The number of aliphatic hydroxyl groups is 2. The van der Waals surface area contributed by atoms with Crippen molar-refractivity contribution in [1.82, 2.24) is 0 Å². The molecule has 9 heavy (non-hydrogen) atoms. The average molecular weight is 147 g/mol. The number of hydrogen-bond donors (Lipinski definition) is 2. The molecule has 0 saturated carbocycles. The van der Waals surface area contributed by atoms with E-state index in [4.69, 9.17) is 10.2 Å². The van der Waals surface area contributed by atoms with Crippen LogP contribution in [0.3, 0.4) is 0 Å². The smallest absolute Gasteiger partial charge is 0.0880 e.